The van der Waals surface area contributed by atoms with Gasteiger partial charge in [-0.3, -0.25) is 48.0 Å². The van der Waals surface area contributed by atoms with Gasteiger partial charge < -0.3 is 19.7 Å². The summed E-state index contributed by atoms with van der Waals surface area (Å²) in [6, 6.07) is 7.86. The van der Waals surface area contributed by atoms with Crippen LogP contribution in [-0.4, -0.2) is 121 Å². The van der Waals surface area contributed by atoms with E-state index in [-0.39, 0.29) is 41.3 Å². The third kappa shape index (κ3) is 8.17. The first-order valence-electron chi connectivity index (χ1n) is 24.7. The number of imide groups is 1. The molecule has 0 spiro atoms. The van der Waals surface area contributed by atoms with Crippen LogP contribution in [0.5, 0.6) is 0 Å². The highest BCUT2D eigenvalue weighted by molar-refractivity contribution is 6.00. The van der Waals surface area contributed by atoms with E-state index in [1.807, 2.05) is 35.6 Å². The summed E-state index contributed by atoms with van der Waals surface area (Å²) in [5.74, 6) is -3.65. The minimum atomic E-state index is -0.906. The van der Waals surface area contributed by atoms with E-state index in [0.717, 1.165) is 37.2 Å². The Balaban J connectivity index is 0.691. The highest BCUT2D eigenvalue weighted by Gasteiger charge is 2.34. The van der Waals surface area contributed by atoms with Crippen molar-refractivity contribution in [3.8, 4) is 5.69 Å². The molecule has 0 radical (unpaired) electrons. The lowest BCUT2D eigenvalue weighted by atomic mass is 9.94. The van der Waals surface area contributed by atoms with E-state index in [1.54, 1.807) is 30.3 Å². The molecule has 2 atom stereocenters. The summed E-state index contributed by atoms with van der Waals surface area (Å²) in [4.78, 5) is 77.4. The monoisotopic (exact) mass is 989 g/mol. The number of nitrogens with zero attached hydrogens (tertiary/aromatic N) is 9. The number of nitrogens with one attached hydrogen (secondary N) is 2. The second-order valence-electron chi connectivity index (χ2n) is 19.8. The van der Waals surface area contributed by atoms with E-state index >= 15 is 17.6 Å². The quantitative estimate of drug-likeness (QED) is 0.142. The van der Waals surface area contributed by atoms with Gasteiger partial charge in [-0.25, -0.2) is 27.3 Å². The van der Waals surface area contributed by atoms with Crippen molar-refractivity contribution in [2.75, 3.05) is 75.7 Å². The van der Waals surface area contributed by atoms with Crippen molar-refractivity contribution in [1.82, 2.24) is 43.3 Å². The van der Waals surface area contributed by atoms with Crippen LogP contribution >= 0.6 is 0 Å². The molecule has 11 rings (SSSR count). The highest BCUT2D eigenvalue weighted by Crippen LogP contribution is 2.36. The molecule has 2 N–H and O–H groups in total. The third-order valence-electron chi connectivity index (χ3n) is 15.8. The molecule has 4 aromatic heterocycles. The van der Waals surface area contributed by atoms with Gasteiger partial charge in [-0.2, -0.15) is 0 Å². The molecule has 1 unspecified atom stereocenters. The first-order chi connectivity index (χ1) is 34.6. The number of hydrogen-bond acceptors (Lipinski definition) is 10. The maximum atomic E-state index is 15.9. The minimum absolute atomic E-state index is 0.0293. The standard InChI is InChI=1S/C52H55F4N11O5/c1-29(41-24-34-39(7-13-58-48(34)60(41)2)66-28-38(56)47-33(51(66)71)6-12-57-47)63-16-10-31(11-17-63)46-36(54)22-32(23-37(46)55)50(70)65-14-8-30(9-15-65)27-62-18-20-64(21-19-62)42-26-43-44(25-35(42)53)67(52(72)61(43)3)40-4-5-45(68)59-49(40)69/h7,10,13,22-26,28-30,40,57H,4-6,8-9,11-12,14-21,27H2,1-3H3,(H,59,68,69)/t29-,40?/m0/s1. The SMILES string of the molecule is C[C@@H](c1cc2c(-n3cc(F)c4c(c3=O)CCN4)ccnc2n1C)N1CC=C(c2c(F)cc(C(=O)N3CCC(CN4CCN(c5cc6c(cc5F)n(C5CCC(=O)NC5=O)c(=O)n6C)CC4)CC3)cc2F)CC1. The Morgan fingerprint density at radius 2 is 1.56 bits per heavy atom. The largest absolute Gasteiger partial charge is 0.382 e. The third-order valence-corrected chi connectivity index (χ3v) is 15.8. The van der Waals surface area contributed by atoms with E-state index in [1.165, 1.54) is 26.0 Å². The molecule has 72 heavy (non-hydrogen) atoms. The summed E-state index contributed by atoms with van der Waals surface area (Å²) in [7, 11) is 3.47. The topological polar surface area (TPSA) is 155 Å². The van der Waals surface area contributed by atoms with Gasteiger partial charge in [-0.15, -0.1) is 0 Å². The number of piperazine rings is 1. The molecule has 20 heteroatoms. The van der Waals surface area contributed by atoms with Crippen LogP contribution < -0.4 is 26.8 Å². The molecule has 5 aliphatic heterocycles. The average Bonchev–Trinajstić information content (AvgIpc) is 4.07. The van der Waals surface area contributed by atoms with Gasteiger partial charge in [0.25, 0.3) is 11.5 Å². The summed E-state index contributed by atoms with van der Waals surface area (Å²) in [5.41, 5.74) is 3.55. The number of amides is 3. The predicted octanol–water partition coefficient (Wildman–Crippen LogP) is 5.40. The summed E-state index contributed by atoms with van der Waals surface area (Å²) in [6.45, 7) is 7.62. The number of likely N-dealkylation sites (tertiary alicyclic amines) is 1. The molecular weight excluding hydrogens is 935 g/mol. The molecule has 376 valence electrons. The molecular formula is C52H55F4N11O5. The second kappa shape index (κ2) is 18.5. The number of carbonyl (C=O) groups is 3. The van der Waals surface area contributed by atoms with Crippen molar-refractivity contribution < 1.29 is 31.9 Å². The zero-order chi connectivity index (χ0) is 50.3. The molecule has 16 nitrogen and oxygen atoms in total. The Hall–Kier alpha value is -7.06. The Bertz CT molecular complexity index is 3360. The fraction of sp³-hybridized carbons (Fsp3) is 0.423. The van der Waals surface area contributed by atoms with Crippen LogP contribution in [0.4, 0.5) is 28.9 Å². The van der Waals surface area contributed by atoms with Crippen LogP contribution in [0.15, 0.2) is 64.5 Å². The van der Waals surface area contributed by atoms with Crippen molar-refractivity contribution in [3.05, 3.63) is 121 Å². The van der Waals surface area contributed by atoms with Crippen molar-refractivity contribution >= 4 is 56.7 Å². The number of piperidine rings is 2. The summed E-state index contributed by atoms with van der Waals surface area (Å²) >= 11 is 0. The summed E-state index contributed by atoms with van der Waals surface area (Å²) in [5, 5.41) is 5.93. The maximum Gasteiger partial charge on any atom is 0.329 e. The predicted molar refractivity (Wildman–Crippen MR) is 263 cm³/mol. The molecule has 3 fully saturated rings. The number of aromatic nitrogens is 5. The lowest BCUT2D eigenvalue weighted by Gasteiger charge is -2.39. The first-order valence-corrected chi connectivity index (χ1v) is 24.7. The number of halogens is 4. The first kappa shape index (κ1) is 47.3. The van der Waals surface area contributed by atoms with E-state index in [0.29, 0.717) is 122 Å². The van der Waals surface area contributed by atoms with Crippen molar-refractivity contribution in [1.29, 1.82) is 0 Å². The van der Waals surface area contributed by atoms with Gasteiger partial charge in [0, 0.05) is 132 Å². The Labute approximate surface area is 411 Å². The number of imidazole rings is 1. The lowest BCUT2D eigenvalue weighted by molar-refractivity contribution is -0.135. The number of fused-ring (bicyclic) bond motifs is 3. The number of benzene rings is 2. The molecule has 3 amide bonds. The molecule has 0 aliphatic carbocycles. The molecule has 6 aromatic rings. The molecule has 3 saturated heterocycles. The highest BCUT2D eigenvalue weighted by atomic mass is 19.1. The van der Waals surface area contributed by atoms with Gasteiger partial charge in [0.15, 0.2) is 5.82 Å². The number of aryl methyl sites for hydroxylation is 2. The van der Waals surface area contributed by atoms with Crippen LogP contribution in [0, 0.1) is 29.2 Å². The maximum absolute atomic E-state index is 15.9. The van der Waals surface area contributed by atoms with Crippen molar-refractivity contribution in [2.24, 2.45) is 20.0 Å². The normalized spacial score (nSPS) is 19.8. The molecule has 5 aliphatic rings. The fourth-order valence-electron chi connectivity index (χ4n) is 11.7. The van der Waals surface area contributed by atoms with Gasteiger partial charge in [0.2, 0.25) is 11.8 Å². The summed E-state index contributed by atoms with van der Waals surface area (Å²) < 4.78 is 68.6. The molecule has 9 heterocycles. The van der Waals surface area contributed by atoms with Gasteiger partial charge >= 0.3 is 5.69 Å². The Morgan fingerprint density at radius 3 is 2.26 bits per heavy atom. The Kier molecular flexibility index (Phi) is 12.2. The van der Waals surface area contributed by atoms with Gasteiger partial charge in [0.1, 0.15) is 29.1 Å². The molecule has 2 aromatic carbocycles. The second-order valence-corrected chi connectivity index (χ2v) is 19.8. The number of pyridine rings is 2. The number of hydrogen-bond donors (Lipinski definition) is 2. The van der Waals surface area contributed by atoms with Crippen LogP contribution in [0.1, 0.15) is 78.3 Å². The van der Waals surface area contributed by atoms with Crippen LogP contribution in [0.25, 0.3) is 33.3 Å². The zero-order valence-electron chi connectivity index (χ0n) is 40.3. The zero-order valence-corrected chi connectivity index (χ0v) is 40.3. The summed E-state index contributed by atoms with van der Waals surface area (Å²) in [6.07, 6.45) is 7.16. The smallest absolute Gasteiger partial charge is 0.329 e. The van der Waals surface area contributed by atoms with E-state index < -0.39 is 52.7 Å². The van der Waals surface area contributed by atoms with Gasteiger partial charge in [0.05, 0.1) is 34.3 Å². The van der Waals surface area contributed by atoms with Crippen molar-refractivity contribution in [2.45, 2.75) is 57.5 Å². The van der Waals surface area contributed by atoms with Crippen LogP contribution in [0.3, 0.4) is 0 Å². The molecule has 0 bridgehead atoms. The van der Waals surface area contributed by atoms with E-state index in [2.05, 4.69) is 25.4 Å². The van der Waals surface area contributed by atoms with Crippen LogP contribution in [0.2, 0.25) is 0 Å². The average molecular weight is 990 g/mol. The lowest BCUT2D eigenvalue weighted by Crippen LogP contribution is -2.49. The van der Waals surface area contributed by atoms with Gasteiger partial charge in [-0.05, 0) is 80.9 Å². The Morgan fingerprint density at radius 1 is 0.806 bits per heavy atom. The van der Waals surface area contributed by atoms with Crippen LogP contribution in [-0.2, 0) is 30.1 Å². The van der Waals surface area contributed by atoms with Gasteiger partial charge in [-0.1, -0.05) is 6.08 Å². The van der Waals surface area contributed by atoms with E-state index in [9.17, 15) is 24.0 Å². The van der Waals surface area contributed by atoms with E-state index in [4.69, 9.17) is 0 Å². The fourth-order valence-corrected chi connectivity index (χ4v) is 11.7. The van der Waals surface area contributed by atoms with Crippen molar-refractivity contribution in [3.63, 3.8) is 0 Å². The molecule has 0 saturated carbocycles. The number of anilines is 2. The number of carbonyl (C=O) groups excluding carboxylic acids is 3. The minimum Gasteiger partial charge on any atom is -0.382 e. The number of rotatable bonds is 9.